The number of nitrogens with one attached hydrogen (secondary N) is 2. The van der Waals surface area contributed by atoms with Crippen molar-refractivity contribution in [3.8, 4) is 5.75 Å². The molecule has 21 heavy (non-hydrogen) atoms. The first-order chi connectivity index (χ1) is 10.2. The number of amides is 1. The second-order valence-corrected chi connectivity index (χ2v) is 5.49. The molecule has 0 spiro atoms. The highest BCUT2D eigenvalue weighted by Gasteiger charge is 2.19. The van der Waals surface area contributed by atoms with Gasteiger partial charge in [0.25, 0.3) is 5.91 Å². The van der Waals surface area contributed by atoms with Crippen LogP contribution in [0.3, 0.4) is 0 Å². The van der Waals surface area contributed by atoms with E-state index in [-0.39, 0.29) is 12.5 Å². The number of aliphatic hydroxyl groups is 1. The van der Waals surface area contributed by atoms with E-state index < -0.39 is 6.10 Å². The van der Waals surface area contributed by atoms with Crippen LogP contribution in [-0.4, -0.2) is 55.2 Å². The molecule has 0 saturated carbocycles. The summed E-state index contributed by atoms with van der Waals surface area (Å²) in [6.07, 6.45) is 0.164. The van der Waals surface area contributed by atoms with Gasteiger partial charge in [-0.15, -0.1) is 0 Å². The van der Waals surface area contributed by atoms with E-state index in [1.165, 1.54) is 0 Å². The van der Waals surface area contributed by atoms with Gasteiger partial charge in [-0.1, -0.05) is 6.07 Å². The van der Waals surface area contributed by atoms with E-state index in [1.54, 1.807) is 12.1 Å². The third-order valence-electron chi connectivity index (χ3n) is 3.95. The second-order valence-electron chi connectivity index (χ2n) is 5.49. The van der Waals surface area contributed by atoms with Crippen molar-refractivity contribution in [1.29, 1.82) is 0 Å². The van der Waals surface area contributed by atoms with Crippen LogP contribution in [0.1, 0.15) is 18.1 Å². The molecule has 1 atom stereocenters. The van der Waals surface area contributed by atoms with E-state index in [2.05, 4.69) is 15.5 Å². The molecule has 1 amide bonds. The number of rotatable bonds is 4. The minimum Gasteiger partial charge on any atom is -0.482 e. The van der Waals surface area contributed by atoms with Crippen molar-refractivity contribution in [2.24, 2.45) is 0 Å². The van der Waals surface area contributed by atoms with Crippen molar-refractivity contribution in [2.75, 3.05) is 44.6 Å². The number of nitrogens with zero attached hydrogens (tertiary/aromatic N) is 1. The molecule has 3 rings (SSSR count). The standard InChI is InChI=1S/C15H21N3O3/c19-13(3-6-18-7-4-16-5-8-18)11-1-2-14-12(9-11)17-15(20)10-21-14/h1-2,9,13,16,19H,3-8,10H2,(H,17,20). The number of benzene rings is 1. The van der Waals surface area contributed by atoms with E-state index in [9.17, 15) is 9.90 Å². The average Bonchev–Trinajstić information content (AvgIpc) is 2.53. The Bertz CT molecular complexity index is 515. The fourth-order valence-electron chi connectivity index (χ4n) is 2.71. The van der Waals surface area contributed by atoms with Crippen molar-refractivity contribution in [2.45, 2.75) is 12.5 Å². The van der Waals surface area contributed by atoms with Crippen LogP contribution in [0.15, 0.2) is 18.2 Å². The molecule has 114 valence electrons. The van der Waals surface area contributed by atoms with Gasteiger partial charge >= 0.3 is 0 Å². The first kappa shape index (κ1) is 14.3. The van der Waals surface area contributed by atoms with Gasteiger partial charge in [-0.25, -0.2) is 0 Å². The van der Waals surface area contributed by atoms with Crippen molar-refractivity contribution in [3.63, 3.8) is 0 Å². The molecule has 6 heteroatoms. The van der Waals surface area contributed by atoms with Gasteiger partial charge in [-0.2, -0.15) is 0 Å². The van der Waals surface area contributed by atoms with Gasteiger partial charge in [-0.3, -0.25) is 4.79 Å². The van der Waals surface area contributed by atoms with E-state index in [1.807, 2.05) is 6.07 Å². The van der Waals surface area contributed by atoms with Gasteiger partial charge in [0.15, 0.2) is 6.61 Å². The Morgan fingerprint density at radius 3 is 2.95 bits per heavy atom. The predicted molar refractivity (Wildman–Crippen MR) is 79.5 cm³/mol. The topological polar surface area (TPSA) is 73.8 Å². The summed E-state index contributed by atoms with van der Waals surface area (Å²) >= 11 is 0. The number of hydrogen-bond donors (Lipinski definition) is 3. The van der Waals surface area contributed by atoms with Crippen LogP contribution in [0.25, 0.3) is 0 Å². The molecule has 2 heterocycles. The van der Waals surface area contributed by atoms with Crippen LogP contribution in [0.5, 0.6) is 5.75 Å². The van der Waals surface area contributed by atoms with Gasteiger partial charge in [0, 0.05) is 32.7 Å². The molecule has 6 nitrogen and oxygen atoms in total. The maximum absolute atomic E-state index is 11.3. The Kier molecular flexibility index (Phi) is 4.38. The number of hydrogen-bond acceptors (Lipinski definition) is 5. The summed E-state index contributed by atoms with van der Waals surface area (Å²) in [6, 6.07) is 5.46. The monoisotopic (exact) mass is 291 g/mol. The van der Waals surface area contributed by atoms with Crippen molar-refractivity contribution >= 4 is 11.6 Å². The maximum Gasteiger partial charge on any atom is 0.262 e. The summed E-state index contributed by atoms with van der Waals surface area (Å²) in [6.45, 7) is 5.01. The van der Waals surface area contributed by atoms with Crippen molar-refractivity contribution in [1.82, 2.24) is 10.2 Å². The Morgan fingerprint density at radius 1 is 1.33 bits per heavy atom. The first-order valence-corrected chi connectivity index (χ1v) is 7.40. The molecule has 0 aromatic heterocycles. The number of ether oxygens (including phenoxy) is 1. The summed E-state index contributed by atoms with van der Waals surface area (Å²) in [5.41, 5.74) is 1.46. The van der Waals surface area contributed by atoms with Gasteiger partial charge in [0.05, 0.1) is 11.8 Å². The van der Waals surface area contributed by atoms with E-state index in [0.717, 1.165) is 38.3 Å². The first-order valence-electron chi connectivity index (χ1n) is 7.40. The van der Waals surface area contributed by atoms with E-state index in [4.69, 9.17) is 4.74 Å². The predicted octanol–water partition coefficient (Wildman–Crippen LogP) is 0.346. The summed E-state index contributed by atoms with van der Waals surface area (Å²) in [5, 5.41) is 16.4. The molecule has 1 fully saturated rings. The van der Waals surface area contributed by atoms with Crippen LogP contribution in [0.2, 0.25) is 0 Å². The lowest BCUT2D eigenvalue weighted by Crippen LogP contribution is -2.44. The number of fused-ring (bicyclic) bond motifs is 1. The Balaban J connectivity index is 1.60. The molecule has 0 bridgehead atoms. The van der Waals surface area contributed by atoms with Gasteiger partial charge in [0.2, 0.25) is 0 Å². The lowest BCUT2D eigenvalue weighted by molar-refractivity contribution is -0.118. The molecule has 1 aromatic rings. The summed E-state index contributed by atoms with van der Waals surface area (Å²) in [4.78, 5) is 13.7. The Labute approximate surface area is 124 Å². The quantitative estimate of drug-likeness (QED) is 0.746. The number of anilines is 1. The third-order valence-corrected chi connectivity index (χ3v) is 3.95. The lowest BCUT2D eigenvalue weighted by Gasteiger charge is -2.28. The highest BCUT2D eigenvalue weighted by molar-refractivity contribution is 5.95. The number of carbonyl (C=O) groups is 1. The van der Waals surface area contributed by atoms with Crippen LogP contribution in [-0.2, 0) is 4.79 Å². The molecule has 1 saturated heterocycles. The normalized spacial score (nSPS) is 20.3. The maximum atomic E-state index is 11.3. The zero-order valence-electron chi connectivity index (χ0n) is 12.0. The van der Waals surface area contributed by atoms with Crippen LogP contribution >= 0.6 is 0 Å². The zero-order chi connectivity index (χ0) is 14.7. The smallest absolute Gasteiger partial charge is 0.262 e. The number of piperazine rings is 1. The van der Waals surface area contributed by atoms with E-state index >= 15 is 0 Å². The zero-order valence-corrected chi connectivity index (χ0v) is 12.0. The summed E-state index contributed by atoms with van der Waals surface area (Å²) < 4.78 is 5.32. The molecular formula is C15H21N3O3. The minimum atomic E-state index is -0.524. The van der Waals surface area contributed by atoms with Gasteiger partial charge in [-0.05, 0) is 24.1 Å². The molecule has 1 unspecified atom stereocenters. The molecule has 0 aliphatic carbocycles. The Morgan fingerprint density at radius 2 is 2.14 bits per heavy atom. The minimum absolute atomic E-state index is 0.0535. The molecular weight excluding hydrogens is 270 g/mol. The van der Waals surface area contributed by atoms with Crippen molar-refractivity contribution < 1.29 is 14.6 Å². The van der Waals surface area contributed by atoms with Crippen LogP contribution < -0.4 is 15.4 Å². The molecule has 0 radical (unpaired) electrons. The number of aliphatic hydroxyl groups excluding tert-OH is 1. The third kappa shape index (κ3) is 3.53. The van der Waals surface area contributed by atoms with Crippen molar-refractivity contribution in [3.05, 3.63) is 23.8 Å². The number of carbonyl (C=O) groups excluding carboxylic acids is 1. The van der Waals surface area contributed by atoms with Gasteiger partial charge in [0.1, 0.15) is 5.75 Å². The molecule has 1 aromatic carbocycles. The highest BCUT2D eigenvalue weighted by atomic mass is 16.5. The fourth-order valence-corrected chi connectivity index (χ4v) is 2.71. The lowest BCUT2D eigenvalue weighted by atomic mass is 10.0. The second kappa shape index (κ2) is 6.43. The van der Waals surface area contributed by atoms with E-state index in [0.29, 0.717) is 17.9 Å². The molecule has 3 N–H and O–H groups in total. The van der Waals surface area contributed by atoms with Crippen LogP contribution in [0.4, 0.5) is 5.69 Å². The van der Waals surface area contributed by atoms with Gasteiger partial charge < -0.3 is 25.4 Å². The fraction of sp³-hybridized carbons (Fsp3) is 0.533. The molecule has 2 aliphatic rings. The Hall–Kier alpha value is -1.63. The summed E-state index contributed by atoms with van der Waals surface area (Å²) in [5.74, 6) is 0.502. The average molecular weight is 291 g/mol. The molecule has 2 aliphatic heterocycles. The highest BCUT2D eigenvalue weighted by Crippen LogP contribution is 2.31. The van der Waals surface area contributed by atoms with Crippen LogP contribution in [0, 0.1) is 0 Å². The summed E-state index contributed by atoms with van der Waals surface area (Å²) in [7, 11) is 0. The SMILES string of the molecule is O=C1COc2ccc(C(O)CCN3CCNCC3)cc2N1. The largest absolute Gasteiger partial charge is 0.482 e.